The third-order valence-electron chi connectivity index (χ3n) is 3.38. The standard InChI is InChI=1S/C13H17N3O/c17-13-5-2-6-16(13)12-4-1-3-10(7-12)15-11-8-14-9-11/h1,3-4,7,11,14-15H,2,5-6,8-9H2. The van der Waals surface area contributed by atoms with Crippen molar-refractivity contribution in [2.45, 2.75) is 18.9 Å². The Balaban J connectivity index is 1.75. The molecule has 1 aromatic rings. The minimum absolute atomic E-state index is 0.243. The lowest BCUT2D eigenvalue weighted by Gasteiger charge is -2.29. The van der Waals surface area contributed by atoms with E-state index in [2.05, 4.69) is 22.8 Å². The van der Waals surface area contributed by atoms with E-state index in [0.717, 1.165) is 37.4 Å². The van der Waals surface area contributed by atoms with Crippen LogP contribution in [-0.2, 0) is 4.79 Å². The van der Waals surface area contributed by atoms with Crippen molar-refractivity contribution in [2.75, 3.05) is 29.9 Å². The first-order valence-electron chi connectivity index (χ1n) is 6.20. The Morgan fingerprint density at radius 2 is 2.24 bits per heavy atom. The molecule has 4 nitrogen and oxygen atoms in total. The summed E-state index contributed by atoms with van der Waals surface area (Å²) in [4.78, 5) is 13.6. The van der Waals surface area contributed by atoms with Gasteiger partial charge in [-0.3, -0.25) is 4.79 Å². The molecular weight excluding hydrogens is 214 g/mol. The van der Waals surface area contributed by atoms with Crippen molar-refractivity contribution in [2.24, 2.45) is 0 Å². The molecule has 1 amide bonds. The van der Waals surface area contributed by atoms with Gasteiger partial charge in [-0.25, -0.2) is 0 Å². The second kappa shape index (κ2) is 4.37. The van der Waals surface area contributed by atoms with Crippen LogP contribution < -0.4 is 15.5 Å². The molecule has 1 aromatic carbocycles. The summed E-state index contributed by atoms with van der Waals surface area (Å²) in [5.74, 6) is 0.243. The van der Waals surface area contributed by atoms with Crippen molar-refractivity contribution in [3.8, 4) is 0 Å². The molecule has 4 heteroatoms. The highest BCUT2D eigenvalue weighted by Gasteiger charge is 2.22. The Bertz CT molecular complexity index is 428. The lowest BCUT2D eigenvalue weighted by Crippen LogP contribution is -2.51. The monoisotopic (exact) mass is 231 g/mol. The lowest BCUT2D eigenvalue weighted by molar-refractivity contribution is -0.117. The molecule has 2 fully saturated rings. The summed E-state index contributed by atoms with van der Waals surface area (Å²) in [5, 5.41) is 6.69. The van der Waals surface area contributed by atoms with E-state index in [0.29, 0.717) is 12.5 Å². The van der Waals surface area contributed by atoms with Crippen molar-refractivity contribution < 1.29 is 4.79 Å². The van der Waals surface area contributed by atoms with Gasteiger partial charge < -0.3 is 15.5 Å². The molecule has 0 unspecified atom stereocenters. The summed E-state index contributed by atoms with van der Waals surface area (Å²) in [5.41, 5.74) is 2.12. The summed E-state index contributed by atoms with van der Waals surface area (Å²) < 4.78 is 0. The van der Waals surface area contributed by atoms with Crippen molar-refractivity contribution >= 4 is 17.3 Å². The number of carbonyl (C=O) groups is 1. The number of nitrogens with one attached hydrogen (secondary N) is 2. The highest BCUT2D eigenvalue weighted by atomic mass is 16.2. The van der Waals surface area contributed by atoms with Gasteiger partial charge in [0.1, 0.15) is 0 Å². The van der Waals surface area contributed by atoms with Gasteiger partial charge >= 0.3 is 0 Å². The van der Waals surface area contributed by atoms with Gasteiger partial charge in [-0.05, 0) is 24.6 Å². The van der Waals surface area contributed by atoms with E-state index in [-0.39, 0.29) is 5.91 Å². The Kier molecular flexibility index (Phi) is 2.73. The lowest BCUT2D eigenvalue weighted by atomic mass is 10.1. The van der Waals surface area contributed by atoms with Crippen molar-refractivity contribution in [1.29, 1.82) is 0 Å². The van der Waals surface area contributed by atoms with E-state index in [1.807, 2.05) is 17.0 Å². The number of nitrogens with zero attached hydrogens (tertiary/aromatic N) is 1. The molecule has 2 heterocycles. The number of rotatable bonds is 3. The number of amides is 1. The van der Waals surface area contributed by atoms with Crippen LogP contribution in [0, 0.1) is 0 Å². The van der Waals surface area contributed by atoms with Crippen LogP contribution in [0.15, 0.2) is 24.3 Å². The molecule has 90 valence electrons. The SMILES string of the molecule is O=C1CCCN1c1cccc(NC2CNC2)c1. The van der Waals surface area contributed by atoms with E-state index in [1.165, 1.54) is 0 Å². The second-order valence-corrected chi connectivity index (χ2v) is 4.70. The molecule has 2 aliphatic heterocycles. The minimum Gasteiger partial charge on any atom is -0.380 e. The average molecular weight is 231 g/mol. The number of carbonyl (C=O) groups excluding carboxylic acids is 1. The van der Waals surface area contributed by atoms with Crippen LogP contribution in [0.1, 0.15) is 12.8 Å². The summed E-state index contributed by atoms with van der Waals surface area (Å²) >= 11 is 0. The van der Waals surface area contributed by atoms with Crippen LogP contribution in [0.4, 0.5) is 11.4 Å². The summed E-state index contributed by atoms with van der Waals surface area (Å²) in [6, 6.07) is 8.67. The molecule has 0 aliphatic carbocycles. The maximum atomic E-state index is 11.7. The van der Waals surface area contributed by atoms with Crippen molar-refractivity contribution in [3.05, 3.63) is 24.3 Å². The average Bonchev–Trinajstić information content (AvgIpc) is 2.71. The second-order valence-electron chi connectivity index (χ2n) is 4.70. The minimum atomic E-state index is 0.243. The zero-order valence-corrected chi connectivity index (χ0v) is 9.78. The zero-order valence-electron chi connectivity index (χ0n) is 9.78. The molecule has 0 aromatic heterocycles. The molecule has 2 saturated heterocycles. The zero-order chi connectivity index (χ0) is 11.7. The van der Waals surface area contributed by atoms with E-state index in [4.69, 9.17) is 0 Å². The molecule has 0 bridgehead atoms. The molecule has 2 aliphatic rings. The number of benzene rings is 1. The van der Waals surface area contributed by atoms with E-state index >= 15 is 0 Å². The smallest absolute Gasteiger partial charge is 0.227 e. The van der Waals surface area contributed by atoms with Crippen molar-refractivity contribution in [3.63, 3.8) is 0 Å². The highest BCUT2D eigenvalue weighted by molar-refractivity contribution is 5.95. The first-order chi connectivity index (χ1) is 8.33. The van der Waals surface area contributed by atoms with Gasteiger partial charge in [0.2, 0.25) is 5.91 Å². The van der Waals surface area contributed by atoms with Crippen LogP contribution in [-0.4, -0.2) is 31.6 Å². The Morgan fingerprint density at radius 3 is 2.88 bits per heavy atom. The third-order valence-corrected chi connectivity index (χ3v) is 3.38. The normalized spacial score (nSPS) is 20.5. The van der Waals surface area contributed by atoms with Gasteiger partial charge in [0.05, 0.1) is 6.04 Å². The van der Waals surface area contributed by atoms with Gasteiger partial charge in [-0.1, -0.05) is 6.07 Å². The van der Waals surface area contributed by atoms with Crippen LogP contribution in [0.25, 0.3) is 0 Å². The predicted octanol–water partition coefficient (Wildman–Crippen LogP) is 1.20. The fourth-order valence-corrected chi connectivity index (χ4v) is 2.31. The van der Waals surface area contributed by atoms with Gasteiger partial charge in [-0.2, -0.15) is 0 Å². The first kappa shape index (κ1) is 10.6. The fraction of sp³-hybridized carbons (Fsp3) is 0.462. The van der Waals surface area contributed by atoms with Crippen LogP contribution in [0.2, 0.25) is 0 Å². The highest BCUT2D eigenvalue weighted by Crippen LogP contribution is 2.24. The Labute approximate surface area is 101 Å². The molecule has 0 radical (unpaired) electrons. The topological polar surface area (TPSA) is 44.4 Å². The van der Waals surface area contributed by atoms with E-state index in [9.17, 15) is 4.79 Å². The number of hydrogen-bond donors (Lipinski definition) is 2. The quantitative estimate of drug-likeness (QED) is 0.821. The number of anilines is 2. The predicted molar refractivity (Wildman–Crippen MR) is 68.3 cm³/mol. The molecule has 3 rings (SSSR count). The molecular formula is C13H17N3O. The Morgan fingerprint density at radius 1 is 1.35 bits per heavy atom. The van der Waals surface area contributed by atoms with Gasteiger partial charge in [0.15, 0.2) is 0 Å². The summed E-state index contributed by atoms with van der Waals surface area (Å²) in [6.45, 7) is 2.90. The maximum Gasteiger partial charge on any atom is 0.227 e. The third kappa shape index (κ3) is 2.13. The van der Waals surface area contributed by atoms with E-state index in [1.54, 1.807) is 0 Å². The first-order valence-corrected chi connectivity index (χ1v) is 6.20. The summed E-state index contributed by atoms with van der Waals surface area (Å²) in [6.07, 6.45) is 1.66. The van der Waals surface area contributed by atoms with Crippen molar-refractivity contribution in [1.82, 2.24) is 5.32 Å². The summed E-state index contributed by atoms with van der Waals surface area (Å²) in [7, 11) is 0. The number of hydrogen-bond acceptors (Lipinski definition) is 3. The van der Waals surface area contributed by atoms with Gasteiger partial charge in [0, 0.05) is 37.4 Å². The van der Waals surface area contributed by atoms with Crippen LogP contribution in [0.5, 0.6) is 0 Å². The fourth-order valence-electron chi connectivity index (χ4n) is 2.31. The van der Waals surface area contributed by atoms with Gasteiger partial charge in [0.25, 0.3) is 0 Å². The maximum absolute atomic E-state index is 11.7. The molecule has 0 spiro atoms. The molecule has 0 atom stereocenters. The molecule has 17 heavy (non-hydrogen) atoms. The largest absolute Gasteiger partial charge is 0.380 e. The molecule has 0 saturated carbocycles. The van der Waals surface area contributed by atoms with E-state index < -0.39 is 0 Å². The molecule has 2 N–H and O–H groups in total. The van der Waals surface area contributed by atoms with Crippen LogP contribution in [0.3, 0.4) is 0 Å². The Hall–Kier alpha value is -1.55. The van der Waals surface area contributed by atoms with Gasteiger partial charge in [-0.15, -0.1) is 0 Å². The van der Waals surface area contributed by atoms with Crippen LogP contribution >= 0.6 is 0 Å².